The van der Waals surface area contributed by atoms with Crippen molar-refractivity contribution >= 4 is 11.6 Å². The van der Waals surface area contributed by atoms with Crippen molar-refractivity contribution in [3.8, 4) is 5.75 Å². The smallest absolute Gasteiger partial charge is 0.142 e. The quantitative estimate of drug-likeness (QED) is 0.852. The molecule has 1 aromatic heterocycles. The largest absolute Gasteiger partial charge is 0.490 e. The molecule has 0 amide bonds. The lowest BCUT2D eigenvalue weighted by Gasteiger charge is -2.18. The van der Waals surface area contributed by atoms with Crippen LogP contribution in [0.2, 0.25) is 5.02 Å². The van der Waals surface area contributed by atoms with E-state index in [1.165, 1.54) is 0 Å². The van der Waals surface area contributed by atoms with Crippen LogP contribution < -0.4 is 4.74 Å². The molecule has 1 aliphatic rings. The first-order valence-corrected chi connectivity index (χ1v) is 6.99. The van der Waals surface area contributed by atoms with Gasteiger partial charge >= 0.3 is 0 Å². The Labute approximate surface area is 123 Å². The van der Waals surface area contributed by atoms with Crippen molar-refractivity contribution in [2.24, 2.45) is 0 Å². The molecule has 0 saturated carbocycles. The number of hydrogen-bond acceptors (Lipinski definition) is 4. The number of nitrogens with zero attached hydrogens (tertiary/aromatic N) is 3. The number of fused-ring (bicyclic) bond motifs is 1. The van der Waals surface area contributed by atoms with Crippen molar-refractivity contribution in [2.45, 2.75) is 20.0 Å². The van der Waals surface area contributed by atoms with Crippen molar-refractivity contribution in [3.05, 3.63) is 52.6 Å². The molecule has 5 heteroatoms. The Balaban J connectivity index is 1.82. The van der Waals surface area contributed by atoms with Crippen molar-refractivity contribution in [1.82, 2.24) is 14.9 Å². The molecule has 104 valence electrons. The fraction of sp³-hybridized carbons (Fsp3) is 0.333. The van der Waals surface area contributed by atoms with E-state index in [0.29, 0.717) is 11.6 Å². The molecule has 1 aromatic carbocycles. The second kappa shape index (κ2) is 5.77. The van der Waals surface area contributed by atoms with Crippen LogP contribution in [0, 0.1) is 6.92 Å². The lowest BCUT2D eigenvalue weighted by atomic mass is 10.1. The zero-order chi connectivity index (χ0) is 13.9. The fourth-order valence-corrected chi connectivity index (χ4v) is 2.80. The summed E-state index contributed by atoms with van der Waals surface area (Å²) in [7, 11) is 0. The third kappa shape index (κ3) is 2.92. The van der Waals surface area contributed by atoms with E-state index in [-0.39, 0.29) is 0 Å². The maximum absolute atomic E-state index is 6.26. The highest BCUT2D eigenvalue weighted by Gasteiger charge is 2.18. The van der Waals surface area contributed by atoms with Gasteiger partial charge in [-0.15, -0.1) is 0 Å². The molecule has 0 radical (unpaired) electrons. The van der Waals surface area contributed by atoms with Crippen molar-refractivity contribution < 1.29 is 4.74 Å². The van der Waals surface area contributed by atoms with E-state index in [0.717, 1.165) is 42.2 Å². The van der Waals surface area contributed by atoms with E-state index >= 15 is 0 Å². The standard InChI is InChI=1S/C15H16ClN3O/c1-11-6-12-8-19(9-13-2-3-17-10-18-13)4-5-20-15(12)14(16)7-11/h2-3,6-7,10H,4-5,8-9H2,1H3. The summed E-state index contributed by atoms with van der Waals surface area (Å²) in [5.74, 6) is 0.822. The van der Waals surface area contributed by atoms with Crippen LogP contribution in [0.15, 0.2) is 30.7 Å². The van der Waals surface area contributed by atoms with Crippen LogP contribution in [-0.2, 0) is 13.1 Å². The van der Waals surface area contributed by atoms with E-state index in [1.54, 1.807) is 12.5 Å². The van der Waals surface area contributed by atoms with Gasteiger partial charge in [0.2, 0.25) is 0 Å². The van der Waals surface area contributed by atoms with E-state index in [1.807, 2.05) is 19.1 Å². The van der Waals surface area contributed by atoms with Gasteiger partial charge in [0.05, 0.1) is 10.7 Å². The fourth-order valence-electron chi connectivity index (χ4n) is 2.45. The zero-order valence-electron chi connectivity index (χ0n) is 11.3. The molecule has 0 saturated heterocycles. The molecule has 1 aliphatic heterocycles. The summed E-state index contributed by atoms with van der Waals surface area (Å²) in [6, 6.07) is 6.02. The molecule has 0 fully saturated rings. The average molecular weight is 290 g/mol. The number of halogens is 1. The molecule has 2 aromatic rings. The predicted molar refractivity (Wildman–Crippen MR) is 77.8 cm³/mol. The molecule has 20 heavy (non-hydrogen) atoms. The third-order valence-corrected chi connectivity index (χ3v) is 3.62. The summed E-state index contributed by atoms with van der Waals surface area (Å²) in [5, 5.41) is 0.698. The zero-order valence-corrected chi connectivity index (χ0v) is 12.1. The normalized spacial score (nSPS) is 15.3. The monoisotopic (exact) mass is 289 g/mol. The molecular formula is C15H16ClN3O. The Morgan fingerprint density at radius 2 is 2.30 bits per heavy atom. The average Bonchev–Trinajstić information content (AvgIpc) is 2.62. The topological polar surface area (TPSA) is 38.2 Å². The van der Waals surface area contributed by atoms with E-state index in [9.17, 15) is 0 Å². The van der Waals surface area contributed by atoms with Crippen molar-refractivity contribution in [1.29, 1.82) is 0 Å². The second-order valence-electron chi connectivity index (χ2n) is 4.99. The van der Waals surface area contributed by atoms with Crippen LogP contribution in [0.25, 0.3) is 0 Å². The molecule has 4 nitrogen and oxygen atoms in total. The van der Waals surface area contributed by atoms with Crippen molar-refractivity contribution in [3.63, 3.8) is 0 Å². The molecule has 2 heterocycles. The molecule has 0 unspecified atom stereocenters. The Bertz CT molecular complexity index is 604. The maximum Gasteiger partial charge on any atom is 0.142 e. The first kappa shape index (κ1) is 13.3. The summed E-state index contributed by atoms with van der Waals surface area (Å²) >= 11 is 6.26. The van der Waals surface area contributed by atoms with E-state index in [2.05, 4.69) is 20.9 Å². The number of rotatable bonds is 2. The number of hydrogen-bond donors (Lipinski definition) is 0. The molecule has 3 rings (SSSR count). The van der Waals surface area contributed by atoms with Gasteiger partial charge in [0.1, 0.15) is 18.7 Å². The van der Waals surface area contributed by atoms with Gasteiger partial charge in [0.25, 0.3) is 0 Å². The molecule has 0 atom stereocenters. The Kier molecular flexibility index (Phi) is 3.85. The lowest BCUT2D eigenvalue weighted by molar-refractivity contribution is 0.217. The highest BCUT2D eigenvalue weighted by molar-refractivity contribution is 6.32. The highest BCUT2D eigenvalue weighted by atomic mass is 35.5. The minimum Gasteiger partial charge on any atom is -0.490 e. The predicted octanol–water partition coefficient (Wildman–Crippen LogP) is 2.83. The third-order valence-electron chi connectivity index (χ3n) is 3.34. The SMILES string of the molecule is Cc1cc(Cl)c2c(c1)CN(Cc1ccncn1)CCO2. The number of aromatic nitrogens is 2. The first-order valence-electron chi connectivity index (χ1n) is 6.61. The van der Waals surface area contributed by atoms with Gasteiger partial charge in [-0.25, -0.2) is 9.97 Å². The summed E-state index contributed by atoms with van der Waals surface area (Å²) < 4.78 is 5.80. The number of aryl methyl sites for hydroxylation is 1. The van der Waals surface area contributed by atoms with E-state index < -0.39 is 0 Å². The Morgan fingerprint density at radius 1 is 1.40 bits per heavy atom. The van der Waals surface area contributed by atoms with Crippen LogP contribution in [0.5, 0.6) is 5.75 Å². The summed E-state index contributed by atoms with van der Waals surface area (Å²) in [4.78, 5) is 10.5. The summed E-state index contributed by atoms with van der Waals surface area (Å²) in [6.45, 7) is 5.15. The Morgan fingerprint density at radius 3 is 3.10 bits per heavy atom. The van der Waals surface area contributed by atoms with Crippen LogP contribution >= 0.6 is 11.6 Å². The van der Waals surface area contributed by atoms with Crippen LogP contribution in [0.4, 0.5) is 0 Å². The van der Waals surface area contributed by atoms with Gasteiger partial charge < -0.3 is 4.74 Å². The van der Waals surface area contributed by atoms with Crippen molar-refractivity contribution in [2.75, 3.05) is 13.2 Å². The first-order chi connectivity index (χ1) is 9.72. The van der Waals surface area contributed by atoms with Gasteiger partial charge in [-0.3, -0.25) is 4.90 Å². The maximum atomic E-state index is 6.26. The minimum absolute atomic E-state index is 0.640. The molecule has 0 bridgehead atoms. The molecule has 0 aliphatic carbocycles. The summed E-state index contributed by atoms with van der Waals surface area (Å²) in [6.07, 6.45) is 3.35. The second-order valence-corrected chi connectivity index (χ2v) is 5.40. The molecule has 0 N–H and O–H groups in total. The number of ether oxygens (including phenoxy) is 1. The molecular weight excluding hydrogens is 274 g/mol. The van der Waals surface area contributed by atoms with Gasteiger partial charge in [-0.1, -0.05) is 17.7 Å². The Hall–Kier alpha value is -1.65. The molecule has 0 spiro atoms. The highest BCUT2D eigenvalue weighted by Crippen LogP contribution is 2.32. The van der Waals surface area contributed by atoms with Gasteiger partial charge in [0.15, 0.2) is 0 Å². The van der Waals surface area contributed by atoms with Crippen LogP contribution in [0.1, 0.15) is 16.8 Å². The van der Waals surface area contributed by atoms with Gasteiger partial charge in [-0.2, -0.15) is 0 Å². The van der Waals surface area contributed by atoms with Crippen LogP contribution in [-0.4, -0.2) is 28.0 Å². The van der Waals surface area contributed by atoms with Gasteiger partial charge in [-0.05, 0) is 24.6 Å². The minimum atomic E-state index is 0.640. The van der Waals surface area contributed by atoms with Gasteiger partial charge in [0, 0.05) is 31.4 Å². The lowest BCUT2D eigenvalue weighted by Crippen LogP contribution is -2.25. The van der Waals surface area contributed by atoms with Crippen LogP contribution in [0.3, 0.4) is 0 Å². The number of benzene rings is 1. The van der Waals surface area contributed by atoms with E-state index in [4.69, 9.17) is 16.3 Å². The summed E-state index contributed by atoms with van der Waals surface area (Å²) in [5.41, 5.74) is 3.31.